The highest BCUT2D eigenvalue weighted by Gasteiger charge is 2.35. The van der Waals surface area contributed by atoms with E-state index in [-0.39, 0.29) is 0 Å². The molecule has 0 bridgehead atoms. The highest BCUT2D eigenvalue weighted by molar-refractivity contribution is 5.78. The van der Waals surface area contributed by atoms with Gasteiger partial charge < -0.3 is 15.3 Å². The first kappa shape index (κ1) is 18.4. The van der Waals surface area contributed by atoms with Crippen molar-refractivity contribution in [3.05, 3.63) is 0 Å². The van der Waals surface area contributed by atoms with Crippen LogP contribution in [0.4, 0.5) is 0 Å². The SMILES string of the molecule is CCCNC(CC)(CCCN1CCCCCCC1)C(=O)O. The molecule has 1 saturated heterocycles. The van der Waals surface area contributed by atoms with E-state index in [9.17, 15) is 9.90 Å². The van der Waals surface area contributed by atoms with Crippen molar-refractivity contribution in [1.82, 2.24) is 10.2 Å². The second kappa shape index (κ2) is 10.2. The number of rotatable bonds is 9. The Bertz CT molecular complexity index is 289. The summed E-state index contributed by atoms with van der Waals surface area (Å²) < 4.78 is 0. The number of carbonyl (C=O) groups is 1. The van der Waals surface area contributed by atoms with Crippen LogP contribution in [-0.4, -0.2) is 47.7 Å². The summed E-state index contributed by atoms with van der Waals surface area (Å²) in [5.41, 5.74) is -0.723. The molecule has 1 atom stereocenters. The molecule has 1 aliphatic heterocycles. The van der Waals surface area contributed by atoms with Gasteiger partial charge in [-0.05, 0) is 64.7 Å². The molecule has 0 aromatic carbocycles. The van der Waals surface area contributed by atoms with E-state index in [0.717, 1.165) is 32.4 Å². The fraction of sp³-hybridized carbons (Fsp3) is 0.941. The maximum absolute atomic E-state index is 11.7. The molecule has 1 fully saturated rings. The maximum Gasteiger partial charge on any atom is 0.323 e. The standard InChI is InChI=1S/C17H34N2O2/c1-3-12-18-17(4-2,16(20)21)11-10-15-19-13-8-6-5-7-9-14-19/h18H,3-15H2,1-2H3,(H,20,21). The van der Waals surface area contributed by atoms with E-state index in [1.165, 1.54) is 45.2 Å². The molecule has 21 heavy (non-hydrogen) atoms. The average molecular weight is 298 g/mol. The average Bonchev–Trinajstić information content (AvgIpc) is 2.44. The quantitative estimate of drug-likeness (QED) is 0.686. The lowest BCUT2D eigenvalue weighted by Gasteiger charge is -2.31. The third-order valence-corrected chi connectivity index (χ3v) is 4.75. The molecular formula is C17H34N2O2. The van der Waals surface area contributed by atoms with E-state index in [1.807, 2.05) is 6.92 Å². The summed E-state index contributed by atoms with van der Waals surface area (Å²) in [5, 5.41) is 12.9. The minimum absolute atomic E-state index is 0.655. The van der Waals surface area contributed by atoms with Gasteiger partial charge in [0.05, 0.1) is 0 Å². The number of hydrogen-bond donors (Lipinski definition) is 2. The van der Waals surface area contributed by atoms with E-state index in [0.29, 0.717) is 6.42 Å². The molecule has 0 radical (unpaired) electrons. The lowest BCUT2D eigenvalue weighted by Crippen LogP contribution is -2.52. The van der Waals surface area contributed by atoms with Crippen molar-refractivity contribution in [3.63, 3.8) is 0 Å². The molecular weight excluding hydrogens is 264 g/mol. The Balaban J connectivity index is 2.42. The van der Waals surface area contributed by atoms with E-state index >= 15 is 0 Å². The van der Waals surface area contributed by atoms with Gasteiger partial charge in [-0.25, -0.2) is 0 Å². The molecule has 0 aromatic rings. The Morgan fingerprint density at radius 3 is 2.29 bits per heavy atom. The second-order valence-electron chi connectivity index (χ2n) is 6.38. The van der Waals surface area contributed by atoms with Gasteiger partial charge in [0.1, 0.15) is 5.54 Å². The van der Waals surface area contributed by atoms with Crippen molar-refractivity contribution in [1.29, 1.82) is 0 Å². The number of nitrogens with one attached hydrogen (secondary N) is 1. The van der Waals surface area contributed by atoms with Crippen LogP contribution in [0.3, 0.4) is 0 Å². The zero-order valence-electron chi connectivity index (χ0n) is 14.0. The largest absolute Gasteiger partial charge is 0.480 e. The first-order valence-corrected chi connectivity index (χ1v) is 8.85. The van der Waals surface area contributed by atoms with Crippen molar-refractivity contribution in [2.24, 2.45) is 0 Å². The second-order valence-corrected chi connectivity index (χ2v) is 6.38. The fourth-order valence-corrected chi connectivity index (χ4v) is 3.23. The highest BCUT2D eigenvalue weighted by atomic mass is 16.4. The van der Waals surface area contributed by atoms with Crippen LogP contribution in [0.1, 0.15) is 71.6 Å². The van der Waals surface area contributed by atoms with E-state index in [4.69, 9.17) is 0 Å². The molecule has 0 aromatic heterocycles. The zero-order chi connectivity index (χ0) is 15.6. The third-order valence-electron chi connectivity index (χ3n) is 4.75. The summed E-state index contributed by atoms with van der Waals surface area (Å²) in [5.74, 6) is -0.689. The summed E-state index contributed by atoms with van der Waals surface area (Å²) in [6.07, 6.45) is 10.0. The molecule has 1 rings (SSSR count). The Morgan fingerprint density at radius 1 is 1.14 bits per heavy atom. The summed E-state index contributed by atoms with van der Waals surface area (Å²) in [4.78, 5) is 14.2. The molecule has 0 spiro atoms. The fourth-order valence-electron chi connectivity index (χ4n) is 3.23. The predicted molar refractivity (Wildman–Crippen MR) is 87.7 cm³/mol. The van der Waals surface area contributed by atoms with E-state index in [2.05, 4.69) is 17.1 Å². The van der Waals surface area contributed by atoms with Crippen LogP contribution in [-0.2, 0) is 4.79 Å². The molecule has 1 heterocycles. The van der Waals surface area contributed by atoms with Crippen molar-refractivity contribution in [2.75, 3.05) is 26.2 Å². The molecule has 1 aliphatic rings. The van der Waals surface area contributed by atoms with Crippen LogP contribution >= 0.6 is 0 Å². The zero-order valence-corrected chi connectivity index (χ0v) is 14.0. The van der Waals surface area contributed by atoms with Gasteiger partial charge in [0.2, 0.25) is 0 Å². The van der Waals surface area contributed by atoms with Gasteiger partial charge in [0.25, 0.3) is 0 Å². The van der Waals surface area contributed by atoms with Crippen LogP contribution in [0.2, 0.25) is 0 Å². The Hall–Kier alpha value is -0.610. The smallest absolute Gasteiger partial charge is 0.323 e. The summed E-state index contributed by atoms with van der Waals surface area (Å²) >= 11 is 0. The van der Waals surface area contributed by atoms with Crippen molar-refractivity contribution < 1.29 is 9.90 Å². The van der Waals surface area contributed by atoms with Gasteiger partial charge in [-0.2, -0.15) is 0 Å². The minimum atomic E-state index is -0.723. The lowest BCUT2D eigenvalue weighted by molar-refractivity contribution is -0.145. The van der Waals surface area contributed by atoms with Gasteiger partial charge in [0.15, 0.2) is 0 Å². The molecule has 0 amide bonds. The Labute approximate surface area is 130 Å². The number of carboxylic acids is 1. The molecule has 1 unspecified atom stereocenters. The number of carboxylic acid groups (broad SMARTS) is 1. The molecule has 4 nitrogen and oxygen atoms in total. The van der Waals surface area contributed by atoms with Gasteiger partial charge in [0, 0.05) is 0 Å². The third kappa shape index (κ3) is 6.35. The first-order chi connectivity index (χ1) is 10.1. The van der Waals surface area contributed by atoms with Gasteiger partial charge in [-0.15, -0.1) is 0 Å². The number of aliphatic carboxylic acids is 1. The van der Waals surface area contributed by atoms with E-state index in [1.54, 1.807) is 0 Å². The number of nitrogens with zero attached hydrogens (tertiary/aromatic N) is 1. The minimum Gasteiger partial charge on any atom is -0.480 e. The molecule has 0 saturated carbocycles. The van der Waals surface area contributed by atoms with Gasteiger partial charge >= 0.3 is 5.97 Å². The molecule has 4 heteroatoms. The summed E-state index contributed by atoms with van der Waals surface area (Å²) in [6, 6.07) is 0. The monoisotopic (exact) mass is 298 g/mol. The number of likely N-dealkylation sites (tertiary alicyclic amines) is 1. The molecule has 124 valence electrons. The van der Waals surface area contributed by atoms with Crippen LogP contribution < -0.4 is 5.32 Å². The topological polar surface area (TPSA) is 52.6 Å². The summed E-state index contributed by atoms with van der Waals surface area (Å²) in [6.45, 7) is 8.26. The molecule has 2 N–H and O–H groups in total. The predicted octanol–water partition coefficient (Wildman–Crippen LogP) is 3.27. The Morgan fingerprint density at radius 2 is 1.76 bits per heavy atom. The summed E-state index contributed by atoms with van der Waals surface area (Å²) in [7, 11) is 0. The Kier molecular flexibility index (Phi) is 8.93. The van der Waals surface area contributed by atoms with Crippen molar-refractivity contribution in [2.45, 2.75) is 77.2 Å². The molecule has 0 aliphatic carbocycles. The highest BCUT2D eigenvalue weighted by Crippen LogP contribution is 2.19. The normalized spacial score (nSPS) is 20.5. The van der Waals surface area contributed by atoms with Gasteiger partial charge in [-0.3, -0.25) is 4.79 Å². The van der Waals surface area contributed by atoms with Gasteiger partial charge in [-0.1, -0.05) is 33.1 Å². The maximum atomic E-state index is 11.7. The van der Waals surface area contributed by atoms with Crippen molar-refractivity contribution in [3.8, 4) is 0 Å². The van der Waals surface area contributed by atoms with E-state index < -0.39 is 11.5 Å². The van der Waals surface area contributed by atoms with Crippen LogP contribution in [0, 0.1) is 0 Å². The van der Waals surface area contributed by atoms with Crippen LogP contribution in [0.5, 0.6) is 0 Å². The first-order valence-electron chi connectivity index (χ1n) is 8.85. The van der Waals surface area contributed by atoms with Crippen LogP contribution in [0.15, 0.2) is 0 Å². The van der Waals surface area contributed by atoms with Crippen molar-refractivity contribution >= 4 is 5.97 Å². The van der Waals surface area contributed by atoms with Crippen LogP contribution in [0.25, 0.3) is 0 Å². The number of hydrogen-bond acceptors (Lipinski definition) is 3. The lowest BCUT2D eigenvalue weighted by atomic mass is 9.90.